The quantitative estimate of drug-likeness (QED) is 0.670. The first-order valence-electron chi connectivity index (χ1n) is 7.27. The van der Waals surface area contributed by atoms with Crippen LogP contribution in [0.4, 0.5) is 5.82 Å². The van der Waals surface area contributed by atoms with Gasteiger partial charge in [-0.1, -0.05) is 31.9 Å². The number of amides is 1. The van der Waals surface area contributed by atoms with Gasteiger partial charge in [0.05, 0.1) is 6.54 Å². The molecule has 0 saturated carbocycles. The molecule has 0 saturated heterocycles. The Labute approximate surface area is 151 Å². The predicted octanol–water partition coefficient (Wildman–Crippen LogP) is 3.99. The maximum atomic E-state index is 13.1. The maximum Gasteiger partial charge on any atom is 0.259 e. The molecule has 1 atom stereocenters. The second-order valence-electron chi connectivity index (χ2n) is 5.77. The second-order valence-corrected chi connectivity index (χ2v) is 7.48. The number of anilines is 1. The van der Waals surface area contributed by atoms with Crippen molar-refractivity contribution >= 4 is 43.6 Å². The Balaban J connectivity index is 2.07. The molecule has 0 spiro atoms. The van der Waals surface area contributed by atoms with Crippen LogP contribution < -0.4 is 9.64 Å². The number of halogens is 2. The van der Waals surface area contributed by atoms with Crippen molar-refractivity contribution in [3.05, 3.63) is 37.9 Å². The van der Waals surface area contributed by atoms with Crippen LogP contribution in [0, 0.1) is 13.8 Å². The van der Waals surface area contributed by atoms with E-state index in [0.29, 0.717) is 23.7 Å². The lowest BCUT2D eigenvalue weighted by Crippen LogP contribution is -2.43. The minimum atomic E-state index is -0.0771. The smallest absolute Gasteiger partial charge is 0.259 e. The van der Waals surface area contributed by atoms with Crippen LogP contribution in [-0.2, 0) is 7.05 Å². The fraction of sp³-hybridized carbons (Fsp3) is 0.375. The number of nitrogens with zero attached hydrogens (tertiary/aromatic N) is 3. The molecule has 0 aliphatic carbocycles. The van der Waals surface area contributed by atoms with Gasteiger partial charge in [0.2, 0.25) is 0 Å². The van der Waals surface area contributed by atoms with Gasteiger partial charge in [0.1, 0.15) is 11.8 Å². The number of carbonyl (C=O) groups is 1. The van der Waals surface area contributed by atoms with Gasteiger partial charge in [-0.15, -0.1) is 0 Å². The van der Waals surface area contributed by atoms with E-state index in [0.717, 1.165) is 20.2 Å². The molecule has 1 aromatic heterocycles. The lowest BCUT2D eigenvalue weighted by molar-refractivity contribution is 0.0958. The largest absolute Gasteiger partial charge is 0.483 e. The summed E-state index contributed by atoms with van der Waals surface area (Å²) in [5.74, 6) is 1.33. The number of hydrogen-bond acceptors (Lipinski definition) is 3. The molecule has 2 heterocycles. The monoisotopic (exact) mass is 441 g/mol. The van der Waals surface area contributed by atoms with E-state index in [4.69, 9.17) is 4.74 Å². The maximum absolute atomic E-state index is 13.1. The van der Waals surface area contributed by atoms with Crippen molar-refractivity contribution in [1.29, 1.82) is 0 Å². The Hall–Kier alpha value is -1.34. The summed E-state index contributed by atoms with van der Waals surface area (Å²) in [5.41, 5.74) is 2.47. The third-order valence-electron chi connectivity index (χ3n) is 3.93. The molecule has 1 aromatic carbocycles. The molecule has 1 amide bonds. The van der Waals surface area contributed by atoms with Crippen LogP contribution in [0.15, 0.2) is 21.1 Å². The molecule has 23 heavy (non-hydrogen) atoms. The van der Waals surface area contributed by atoms with Gasteiger partial charge in [0.25, 0.3) is 5.91 Å². The number of carbonyl (C=O) groups excluding carboxylic acids is 1. The average molecular weight is 443 g/mol. The number of hydrogen-bond donors (Lipinski definition) is 0. The standard InChI is InChI=1S/C16H17Br2N3O2/c1-8-7-21(15-14(23-8)10(3)19-20(15)4)16(22)11-5-12(17)9(2)13(18)6-11/h5-6,8H,7H2,1-4H3/t8-/m1/s1. The number of aryl methyl sites for hydroxylation is 2. The van der Waals surface area contributed by atoms with Gasteiger partial charge < -0.3 is 4.74 Å². The highest BCUT2D eigenvalue weighted by molar-refractivity contribution is 9.11. The molecule has 0 fully saturated rings. The summed E-state index contributed by atoms with van der Waals surface area (Å²) in [7, 11) is 1.83. The van der Waals surface area contributed by atoms with E-state index in [-0.39, 0.29) is 12.0 Å². The Morgan fingerprint density at radius 1 is 1.30 bits per heavy atom. The number of rotatable bonds is 1. The van der Waals surface area contributed by atoms with Gasteiger partial charge >= 0.3 is 0 Å². The van der Waals surface area contributed by atoms with E-state index in [1.54, 1.807) is 9.58 Å². The fourth-order valence-corrected chi connectivity index (χ4v) is 3.93. The Morgan fingerprint density at radius 2 is 1.91 bits per heavy atom. The van der Waals surface area contributed by atoms with E-state index >= 15 is 0 Å². The highest BCUT2D eigenvalue weighted by Crippen LogP contribution is 2.37. The molecule has 2 aromatic rings. The van der Waals surface area contributed by atoms with Crippen molar-refractivity contribution in [1.82, 2.24) is 9.78 Å². The van der Waals surface area contributed by atoms with E-state index in [2.05, 4.69) is 37.0 Å². The number of ether oxygens (including phenoxy) is 1. The SMILES string of the molecule is Cc1nn(C)c2c1O[C@H](C)CN2C(=O)c1cc(Br)c(C)c(Br)c1. The first-order chi connectivity index (χ1) is 10.8. The lowest BCUT2D eigenvalue weighted by Gasteiger charge is -2.32. The molecule has 122 valence electrons. The minimum absolute atomic E-state index is 0.0641. The van der Waals surface area contributed by atoms with Gasteiger partial charge in [0.15, 0.2) is 11.6 Å². The van der Waals surface area contributed by atoms with Crippen LogP contribution in [0.5, 0.6) is 5.75 Å². The van der Waals surface area contributed by atoms with Gasteiger partial charge in [-0.25, -0.2) is 4.68 Å². The van der Waals surface area contributed by atoms with E-state index in [9.17, 15) is 4.79 Å². The van der Waals surface area contributed by atoms with Gasteiger partial charge in [-0.2, -0.15) is 5.10 Å². The Morgan fingerprint density at radius 3 is 2.52 bits per heavy atom. The predicted molar refractivity (Wildman–Crippen MR) is 96.3 cm³/mol. The Kier molecular flexibility index (Phi) is 4.27. The fourth-order valence-electron chi connectivity index (χ4n) is 2.75. The van der Waals surface area contributed by atoms with Crippen LogP contribution in [0.2, 0.25) is 0 Å². The summed E-state index contributed by atoms with van der Waals surface area (Å²) in [5, 5.41) is 4.38. The zero-order valence-corrected chi connectivity index (χ0v) is 16.5. The van der Waals surface area contributed by atoms with Crippen LogP contribution in [0.1, 0.15) is 28.5 Å². The summed E-state index contributed by atoms with van der Waals surface area (Å²) in [6.07, 6.45) is -0.0771. The average Bonchev–Trinajstić information content (AvgIpc) is 2.77. The van der Waals surface area contributed by atoms with Crippen molar-refractivity contribution < 1.29 is 9.53 Å². The summed E-state index contributed by atoms with van der Waals surface area (Å²) in [6, 6.07) is 3.71. The van der Waals surface area contributed by atoms with Crippen molar-refractivity contribution in [3.63, 3.8) is 0 Å². The second kappa shape index (κ2) is 5.94. The van der Waals surface area contributed by atoms with Crippen molar-refractivity contribution in [2.24, 2.45) is 7.05 Å². The molecule has 7 heteroatoms. The molecule has 0 unspecified atom stereocenters. The molecule has 5 nitrogen and oxygen atoms in total. The molecule has 1 aliphatic rings. The van der Waals surface area contributed by atoms with Crippen molar-refractivity contribution in [2.45, 2.75) is 26.9 Å². The van der Waals surface area contributed by atoms with E-state index in [1.165, 1.54) is 0 Å². The molecule has 3 rings (SSSR count). The lowest BCUT2D eigenvalue weighted by atomic mass is 10.1. The third-order valence-corrected chi connectivity index (χ3v) is 5.57. The summed E-state index contributed by atoms with van der Waals surface area (Å²) < 4.78 is 9.37. The number of aromatic nitrogens is 2. The topological polar surface area (TPSA) is 47.4 Å². The summed E-state index contributed by atoms with van der Waals surface area (Å²) in [6.45, 7) is 6.32. The highest BCUT2D eigenvalue weighted by atomic mass is 79.9. The van der Waals surface area contributed by atoms with Gasteiger partial charge in [0, 0.05) is 21.6 Å². The summed E-state index contributed by atoms with van der Waals surface area (Å²) >= 11 is 7.02. The zero-order valence-electron chi connectivity index (χ0n) is 13.4. The number of fused-ring (bicyclic) bond motifs is 1. The third kappa shape index (κ3) is 2.80. The Bertz CT molecular complexity index is 778. The van der Waals surface area contributed by atoms with E-state index < -0.39 is 0 Å². The molecular formula is C16H17Br2N3O2. The van der Waals surface area contributed by atoms with Gasteiger partial charge in [-0.05, 0) is 38.5 Å². The first kappa shape index (κ1) is 16.5. The van der Waals surface area contributed by atoms with Crippen LogP contribution in [-0.4, -0.2) is 28.3 Å². The molecule has 1 aliphatic heterocycles. The normalized spacial score (nSPS) is 17.0. The first-order valence-corrected chi connectivity index (χ1v) is 8.86. The summed E-state index contributed by atoms with van der Waals surface area (Å²) in [4.78, 5) is 14.8. The van der Waals surface area contributed by atoms with Gasteiger partial charge in [-0.3, -0.25) is 9.69 Å². The molecular weight excluding hydrogens is 426 g/mol. The van der Waals surface area contributed by atoms with E-state index in [1.807, 2.05) is 40.0 Å². The van der Waals surface area contributed by atoms with Crippen LogP contribution >= 0.6 is 31.9 Å². The van der Waals surface area contributed by atoms with Crippen molar-refractivity contribution in [2.75, 3.05) is 11.4 Å². The zero-order chi connectivity index (χ0) is 16.9. The molecule has 0 N–H and O–H groups in total. The number of benzene rings is 1. The molecule has 0 radical (unpaired) electrons. The van der Waals surface area contributed by atoms with Crippen LogP contribution in [0.25, 0.3) is 0 Å². The minimum Gasteiger partial charge on any atom is -0.483 e. The highest BCUT2D eigenvalue weighted by Gasteiger charge is 2.33. The molecule has 0 bridgehead atoms. The van der Waals surface area contributed by atoms with Crippen molar-refractivity contribution in [3.8, 4) is 5.75 Å². The van der Waals surface area contributed by atoms with Crippen LogP contribution in [0.3, 0.4) is 0 Å².